The number of nitrogens with one attached hydrogen (secondary N) is 1. The Morgan fingerprint density at radius 3 is 2.64 bits per heavy atom. The summed E-state index contributed by atoms with van der Waals surface area (Å²) in [4.78, 5) is 34.7. The third kappa shape index (κ3) is 4.04. The first-order valence-corrected chi connectivity index (χ1v) is 9.31. The van der Waals surface area contributed by atoms with Crippen LogP contribution in [0.1, 0.15) is 46.9 Å². The largest absolute Gasteiger partial charge is 0.347 e. The predicted octanol–water partition coefficient (Wildman–Crippen LogP) is 2.58. The minimum absolute atomic E-state index is 0.0365. The zero-order valence-electron chi connectivity index (χ0n) is 14.4. The second-order valence-corrected chi connectivity index (χ2v) is 7.24. The van der Waals surface area contributed by atoms with Crippen LogP contribution in [0.2, 0.25) is 0 Å². The van der Waals surface area contributed by atoms with Crippen LogP contribution in [0, 0.1) is 12.8 Å². The summed E-state index contributed by atoms with van der Waals surface area (Å²) in [6.45, 7) is 4.75. The molecule has 2 amide bonds. The molecule has 0 radical (unpaired) electrons. The highest BCUT2D eigenvalue weighted by atomic mass is 32.1. The maximum Gasteiger partial charge on any atom is 0.255 e. The van der Waals surface area contributed by atoms with E-state index in [1.807, 2.05) is 23.3 Å². The van der Waals surface area contributed by atoms with Crippen LogP contribution < -0.4 is 5.32 Å². The average molecular weight is 358 g/mol. The fraction of sp³-hybridized carbons (Fsp3) is 0.444. The molecule has 0 aromatic carbocycles. The van der Waals surface area contributed by atoms with Gasteiger partial charge < -0.3 is 10.2 Å². The number of thiazole rings is 1. The van der Waals surface area contributed by atoms with Crippen LogP contribution in [0.4, 0.5) is 0 Å². The van der Waals surface area contributed by atoms with Gasteiger partial charge in [0, 0.05) is 43.5 Å². The van der Waals surface area contributed by atoms with E-state index in [-0.39, 0.29) is 23.8 Å². The first-order valence-electron chi connectivity index (χ1n) is 8.43. The molecule has 1 atom stereocenters. The van der Waals surface area contributed by atoms with E-state index in [9.17, 15) is 9.59 Å². The van der Waals surface area contributed by atoms with Gasteiger partial charge in [0.05, 0.1) is 11.6 Å². The number of pyridine rings is 1. The Morgan fingerprint density at radius 1 is 1.28 bits per heavy atom. The summed E-state index contributed by atoms with van der Waals surface area (Å²) in [5.41, 5.74) is 1.42. The van der Waals surface area contributed by atoms with Gasteiger partial charge in [0.1, 0.15) is 5.01 Å². The van der Waals surface area contributed by atoms with Crippen LogP contribution in [0.15, 0.2) is 29.9 Å². The number of rotatable bonds is 4. The van der Waals surface area contributed by atoms with Crippen LogP contribution >= 0.6 is 11.3 Å². The van der Waals surface area contributed by atoms with Gasteiger partial charge in [-0.25, -0.2) is 4.98 Å². The molecule has 1 aliphatic heterocycles. The van der Waals surface area contributed by atoms with E-state index >= 15 is 0 Å². The minimum atomic E-state index is -0.0742. The smallest absolute Gasteiger partial charge is 0.255 e. The van der Waals surface area contributed by atoms with Crippen molar-refractivity contribution in [2.45, 2.75) is 32.7 Å². The molecule has 7 heteroatoms. The van der Waals surface area contributed by atoms with E-state index in [0.717, 1.165) is 23.5 Å². The molecule has 1 aliphatic rings. The zero-order chi connectivity index (χ0) is 17.8. The maximum atomic E-state index is 12.7. The lowest BCUT2D eigenvalue weighted by Gasteiger charge is -2.35. The van der Waals surface area contributed by atoms with E-state index in [4.69, 9.17) is 0 Å². The van der Waals surface area contributed by atoms with Crippen molar-refractivity contribution < 1.29 is 9.59 Å². The Labute approximate surface area is 151 Å². The van der Waals surface area contributed by atoms with Crippen molar-refractivity contribution in [1.29, 1.82) is 0 Å². The second kappa shape index (κ2) is 7.74. The van der Waals surface area contributed by atoms with Crippen LogP contribution in [0.5, 0.6) is 0 Å². The van der Waals surface area contributed by atoms with Crippen molar-refractivity contribution in [3.63, 3.8) is 0 Å². The number of aryl methyl sites for hydroxylation is 1. The van der Waals surface area contributed by atoms with Crippen molar-refractivity contribution in [2.24, 2.45) is 5.92 Å². The molecule has 25 heavy (non-hydrogen) atoms. The molecule has 0 spiro atoms. The average Bonchev–Trinajstić information content (AvgIpc) is 3.14. The Bertz CT molecular complexity index is 739. The van der Waals surface area contributed by atoms with Gasteiger partial charge in [0.2, 0.25) is 5.91 Å². The van der Waals surface area contributed by atoms with Crippen molar-refractivity contribution >= 4 is 23.2 Å². The molecular formula is C18H22N4O2S. The van der Waals surface area contributed by atoms with Crippen LogP contribution in [-0.2, 0) is 4.79 Å². The fourth-order valence-corrected chi connectivity index (χ4v) is 4.09. The Morgan fingerprint density at radius 2 is 2.04 bits per heavy atom. The topological polar surface area (TPSA) is 75.2 Å². The molecule has 0 saturated carbocycles. The fourth-order valence-electron chi connectivity index (χ4n) is 3.30. The molecule has 2 aromatic rings. The molecule has 2 aromatic heterocycles. The lowest BCUT2D eigenvalue weighted by atomic mass is 9.89. The first kappa shape index (κ1) is 17.5. The molecule has 1 fully saturated rings. The highest BCUT2D eigenvalue weighted by molar-refractivity contribution is 7.09. The second-order valence-electron chi connectivity index (χ2n) is 6.31. The monoisotopic (exact) mass is 358 g/mol. The molecule has 6 nitrogen and oxygen atoms in total. The Kier molecular flexibility index (Phi) is 5.43. The molecule has 0 aliphatic carbocycles. The third-order valence-corrected chi connectivity index (χ3v) is 5.47. The van der Waals surface area contributed by atoms with E-state index in [1.54, 1.807) is 29.8 Å². The highest BCUT2D eigenvalue weighted by Gasteiger charge is 2.31. The van der Waals surface area contributed by atoms with Crippen LogP contribution in [-0.4, -0.2) is 39.8 Å². The number of aromatic nitrogens is 2. The summed E-state index contributed by atoms with van der Waals surface area (Å²) in [5.74, 6) is 0.271. The minimum Gasteiger partial charge on any atom is -0.347 e. The molecule has 3 rings (SSSR count). The first-order chi connectivity index (χ1) is 12.1. The van der Waals surface area contributed by atoms with Gasteiger partial charge in [0.25, 0.3) is 5.91 Å². The molecule has 0 unspecified atom stereocenters. The molecule has 0 bridgehead atoms. The van der Waals surface area contributed by atoms with Gasteiger partial charge >= 0.3 is 0 Å². The lowest BCUT2D eigenvalue weighted by molar-refractivity contribution is -0.120. The lowest BCUT2D eigenvalue weighted by Crippen LogP contribution is -2.42. The zero-order valence-corrected chi connectivity index (χ0v) is 15.3. The quantitative estimate of drug-likeness (QED) is 0.911. The van der Waals surface area contributed by atoms with Crippen molar-refractivity contribution in [2.75, 3.05) is 13.1 Å². The van der Waals surface area contributed by atoms with Gasteiger partial charge in [-0.3, -0.25) is 14.6 Å². The molecule has 3 heterocycles. The van der Waals surface area contributed by atoms with Gasteiger partial charge in [-0.2, -0.15) is 0 Å². The van der Waals surface area contributed by atoms with Crippen molar-refractivity contribution in [1.82, 2.24) is 20.2 Å². The summed E-state index contributed by atoms with van der Waals surface area (Å²) in [5, 5.41) is 5.89. The number of hydrogen-bond acceptors (Lipinski definition) is 5. The molecule has 1 N–H and O–H groups in total. The van der Waals surface area contributed by atoms with Gasteiger partial charge in [0.15, 0.2) is 0 Å². The molecule has 132 valence electrons. The third-order valence-electron chi connectivity index (χ3n) is 4.61. The summed E-state index contributed by atoms with van der Waals surface area (Å²) in [6.07, 6.45) is 5.15. The normalized spacial score (nSPS) is 16.5. The summed E-state index contributed by atoms with van der Waals surface area (Å²) in [7, 11) is 0. The van der Waals surface area contributed by atoms with Crippen molar-refractivity contribution in [3.8, 4) is 0 Å². The van der Waals surface area contributed by atoms with E-state index in [1.165, 1.54) is 6.92 Å². The van der Waals surface area contributed by atoms with Crippen LogP contribution in [0.25, 0.3) is 0 Å². The van der Waals surface area contributed by atoms with Crippen LogP contribution in [0.3, 0.4) is 0 Å². The summed E-state index contributed by atoms with van der Waals surface area (Å²) in [6, 6.07) is 3.55. The number of amides is 2. The highest BCUT2D eigenvalue weighted by Crippen LogP contribution is 2.32. The Hall–Kier alpha value is -2.28. The van der Waals surface area contributed by atoms with Crippen molar-refractivity contribution in [3.05, 3.63) is 46.2 Å². The SMILES string of the molecule is CC(=O)N[C@H](c1nccs1)C1CCN(C(=O)c2cccnc2C)CC1. The Balaban J connectivity index is 1.67. The van der Waals surface area contributed by atoms with Gasteiger partial charge in [-0.05, 0) is 37.8 Å². The molecular weight excluding hydrogens is 336 g/mol. The number of hydrogen-bond donors (Lipinski definition) is 1. The number of nitrogens with zero attached hydrogens (tertiary/aromatic N) is 3. The number of piperidine rings is 1. The van der Waals surface area contributed by atoms with E-state index < -0.39 is 0 Å². The van der Waals surface area contributed by atoms with E-state index in [2.05, 4.69) is 15.3 Å². The molecule has 1 saturated heterocycles. The number of likely N-dealkylation sites (tertiary alicyclic amines) is 1. The summed E-state index contributed by atoms with van der Waals surface area (Å²) < 4.78 is 0. The van der Waals surface area contributed by atoms with Gasteiger partial charge in [-0.15, -0.1) is 11.3 Å². The van der Waals surface area contributed by atoms with E-state index in [0.29, 0.717) is 18.7 Å². The van der Waals surface area contributed by atoms with Gasteiger partial charge in [-0.1, -0.05) is 0 Å². The standard InChI is InChI=1S/C18H22N4O2S/c1-12-15(4-3-7-19-12)18(24)22-9-5-14(6-10-22)16(21-13(2)23)17-20-8-11-25-17/h3-4,7-8,11,14,16H,5-6,9-10H2,1-2H3,(H,21,23)/t16-/m0/s1. The summed E-state index contributed by atoms with van der Waals surface area (Å²) >= 11 is 1.56. The number of carbonyl (C=O) groups is 2. The maximum absolute atomic E-state index is 12.7. The number of carbonyl (C=O) groups excluding carboxylic acids is 2. The predicted molar refractivity (Wildman–Crippen MR) is 96.3 cm³/mol.